The SMILES string of the molecule is Cc1nc(N2CCS(=O)(=O)C(C)(C)C2)c2c(C)csc2n1. The first-order valence-corrected chi connectivity index (χ1v) is 9.44. The summed E-state index contributed by atoms with van der Waals surface area (Å²) in [4.78, 5) is 12.1. The van der Waals surface area contributed by atoms with Gasteiger partial charge in [0.15, 0.2) is 9.84 Å². The maximum absolute atomic E-state index is 12.2. The molecule has 1 aliphatic heterocycles. The molecule has 2 aromatic heterocycles. The largest absolute Gasteiger partial charge is 0.353 e. The Kier molecular flexibility index (Phi) is 3.25. The Bertz CT molecular complexity index is 809. The molecule has 1 fully saturated rings. The number of nitrogens with zero attached hydrogens (tertiary/aromatic N) is 3. The summed E-state index contributed by atoms with van der Waals surface area (Å²) < 4.78 is 23.6. The standard InChI is InChI=1S/C14H19N3O2S2/c1-9-7-20-13-11(9)12(15-10(2)16-13)17-5-6-21(18,19)14(3,4)8-17/h7H,5-6,8H2,1-4H3. The Morgan fingerprint density at radius 1 is 1.29 bits per heavy atom. The van der Waals surface area contributed by atoms with Crippen LogP contribution in [0.2, 0.25) is 0 Å². The highest BCUT2D eigenvalue weighted by molar-refractivity contribution is 7.92. The van der Waals surface area contributed by atoms with Crippen molar-refractivity contribution in [3.05, 3.63) is 16.8 Å². The van der Waals surface area contributed by atoms with Gasteiger partial charge in [-0.25, -0.2) is 18.4 Å². The van der Waals surface area contributed by atoms with Gasteiger partial charge >= 0.3 is 0 Å². The average Bonchev–Trinajstić information content (AvgIpc) is 2.73. The van der Waals surface area contributed by atoms with Gasteiger partial charge in [0.25, 0.3) is 0 Å². The van der Waals surface area contributed by atoms with E-state index in [9.17, 15) is 8.42 Å². The number of aryl methyl sites for hydroxylation is 2. The summed E-state index contributed by atoms with van der Waals surface area (Å²) in [5.74, 6) is 1.78. The van der Waals surface area contributed by atoms with Crippen LogP contribution in [0.4, 0.5) is 5.82 Å². The molecule has 0 aromatic carbocycles. The molecule has 0 unspecified atom stereocenters. The van der Waals surface area contributed by atoms with Crippen molar-refractivity contribution >= 4 is 37.2 Å². The second kappa shape index (κ2) is 4.64. The molecule has 0 saturated carbocycles. The highest BCUT2D eigenvalue weighted by Crippen LogP contribution is 2.34. The second-order valence-corrected chi connectivity index (χ2v) is 9.79. The van der Waals surface area contributed by atoms with E-state index in [1.165, 1.54) is 0 Å². The van der Waals surface area contributed by atoms with E-state index in [4.69, 9.17) is 0 Å². The lowest BCUT2D eigenvalue weighted by molar-refractivity contribution is 0.522. The van der Waals surface area contributed by atoms with Crippen LogP contribution in [-0.4, -0.2) is 42.0 Å². The zero-order valence-corrected chi connectivity index (χ0v) is 14.3. The van der Waals surface area contributed by atoms with Crippen molar-refractivity contribution in [3.63, 3.8) is 0 Å². The minimum absolute atomic E-state index is 0.174. The van der Waals surface area contributed by atoms with Crippen molar-refractivity contribution in [3.8, 4) is 0 Å². The summed E-state index contributed by atoms with van der Waals surface area (Å²) >= 11 is 1.61. The minimum Gasteiger partial charge on any atom is -0.353 e. The molecule has 0 radical (unpaired) electrons. The Morgan fingerprint density at radius 2 is 2.00 bits per heavy atom. The summed E-state index contributed by atoms with van der Waals surface area (Å²) in [6, 6.07) is 0. The quantitative estimate of drug-likeness (QED) is 0.805. The summed E-state index contributed by atoms with van der Waals surface area (Å²) in [5.41, 5.74) is 1.15. The first-order chi connectivity index (χ1) is 9.71. The van der Waals surface area contributed by atoms with Crippen molar-refractivity contribution in [2.24, 2.45) is 0 Å². The fourth-order valence-electron chi connectivity index (χ4n) is 2.72. The van der Waals surface area contributed by atoms with E-state index in [1.54, 1.807) is 25.2 Å². The van der Waals surface area contributed by atoms with Gasteiger partial charge in [0.05, 0.1) is 15.9 Å². The highest BCUT2D eigenvalue weighted by Gasteiger charge is 2.41. The van der Waals surface area contributed by atoms with Crippen molar-refractivity contribution < 1.29 is 8.42 Å². The zero-order chi connectivity index (χ0) is 15.4. The first kappa shape index (κ1) is 14.7. The van der Waals surface area contributed by atoms with Gasteiger partial charge in [-0.05, 0) is 38.6 Å². The normalized spacial score (nSPS) is 20.9. The van der Waals surface area contributed by atoms with E-state index < -0.39 is 14.6 Å². The number of hydrogen-bond acceptors (Lipinski definition) is 6. The molecular formula is C14H19N3O2S2. The first-order valence-electron chi connectivity index (χ1n) is 6.91. The van der Waals surface area contributed by atoms with E-state index >= 15 is 0 Å². The molecule has 5 nitrogen and oxygen atoms in total. The fraction of sp³-hybridized carbons (Fsp3) is 0.571. The van der Waals surface area contributed by atoms with Gasteiger partial charge in [-0.2, -0.15) is 0 Å². The van der Waals surface area contributed by atoms with Crippen molar-refractivity contribution in [1.82, 2.24) is 9.97 Å². The molecule has 7 heteroatoms. The third kappa shape index (κ3) is 2.32. The number of anilines is 1. The molecule has 1 aliphatic rings. The van der Waals surface area contributed by atoms with E-state index in [2.05, 4.69) is 20.2 Å². The van der Waals surface area contributed by atoms with E-state index in [-0.39, 0.29) is 5.75 Å². The monoisotopic (exact) mass is 325 g/mol. The van der Waals surface area contributed by atoms with Crippen LogP contribution in [0, 0.1) is 13.8 Å². The predicted octanol–water partition coefficient (Wildman–Crippen LogP) is 2.32. The number of sulfone groups is 1. The van der Waals surface area contributed by atoms with Crippen LogP contribution in [0.1, 0.15) is 25.2 Å². The maximum Gasteiger partial charge on any atom is 0.158 e. The molecule has 21 heavy (non-hydrogen) atoms. The van der Waals surface area contributed by atoms with Gasteiger partial charge in [0.2, 0.25) is 0 Å². The highest BCUT2D eigenvalue weighted by atomic mass is 32.2. The third-order valence-electron chi connectivity index (χ3n) is 4.05. The lowest BCUT2D eigenvalue weighted by atomic mass is 10.1. The number of thiophene rings is 1. The van der Waals surface area contributed by atoms with Gasteiger partial charge < -0.3 is 4.90 Å². The molecule has 3 rings (SSSR count). The molecule has 0 spiro atoms. The molecule has 0 N–H and O–H groups in total. The lowest BCUT2D eigenvalue weighted by Crippen LogP contribution is -2.53. The van der Waals surface area contributed by atoms with Gasteiger partial charge in [-0.3, -0.25) is 0 Å². The lowest BCUT2D eigenvalue weighted by Gasteiger charge is -2.38. The molecule has 2 aromatic rings. The summed E-state index contributed by atoms with van der Waals surface area (Å²) in [7, 11) is -3.04. The summed E-state index contributed by atoms with van der Waals surface area (Å²) in [6.07, 6.45) is 0. The van der Waals surface area contributed by atoms with Crippen LogP contribution in [0.3, 0.4) is 0 Å². The Hall–Kier alpha value is -1.21. The summed E-state index contributed by atoms with van der Waals surface area (Å²) in [6.45, 7) is 8.47. The molecule has 1 saturated heterocycles. The number of fused-ring (bicyclic) bond motifs is 1. The van der Waals surface area contributed by atoms with Crippen LogP contribution in [0.25, 0.3) is 10.2 Å². The van der Waals surface area contributed by atoms with Crippen LogP contribution < -0.4 is 4.90 Å². The Balaban J connectivity index is 2.12. The number of rotatable bonds is 1. The van der Waals surface area contributed by atoms with Gasteiger partial charge in [-0.1, -0.05) is 0 Å². The van der Waals surface area contributed by atoms with E-state index in [0.717, 1.165) is 27.4 Å². The van der Waals surface area contributed by atoms with Crippen molar-refractivity contribution in [2.45, 2.75) is 32.4 Å². The van der Waals surface area contributed by atoms with E-state index in [1.807, 2.05) is 13.8 Å². The number of hydrogen-bond donors (Lipinski definition) is 0. The minimum atomic E-state index is -3.04. The third-order valence-corrected chi connectivity index (χ3v) is 7.58. The second-order valence-electron chi connectivity index (χ2n) is 6.19. The molecule has 114 valence electrons. The molecule has 0 aliphatic carbocycles. The molecule has 0 atom stereocenters. The van der Waals surface area contributed by atoms with Gasteiger partial charge in [-0.15, -0.1) is 11.3 Å². The number of aromatic nitrogens is 2. The molecule has 0 amide bonds. The van der Waals surface area contributed by atoms with Crippen molar-refractivity contribution in [2.75, 3.05) is 23.7 Å². The van der Waals surface area contributed by atoms with Crippen LogP contribution in [0.15, 0.2) is 5.38 Å². The smallest absolute Gasteiger partial charge is 0.158 e. The molecular weight excluding hydrogens is 306 g/mol. The average molecular weight is 325 g/mol. The Morgan fingerprint density at radius 3 is 2.67 bits per heavy atom. The summed E-state index contributed by atoms with van der Waals surface area (Å²) in [5, 5.41) is 3.13. The van der Waals surface area contributed by atoms with Gasteiger partial charge in [0.1, 0.15) is 16.5 Å². The van der Waals surface area contributed by atoms with Gasteiger partial charge in [0, 0.05) is 13.1 Å². The molecule has 0 bridgehead atoms. The topological polar surface area (TPSA) is 63.2 Å². The van der Waals surface area contributed by atoms with Crippen LogP contribution in [0.5, 0.6) is 0 Å². The van der Waals surface area contributed by atoms with Crippen LogP contribution >= 0.6 is 11.3 Å². The predicted molar refractivity (Wildman–Crippen MR) is 87.0 cm³/mol. The van der Waals surface area contributed by atoms with E-state index in [0.29, 0.717) is 13.1 Å². The van der Waals surface area contributed by atoms with Crippen LogP contribution in [-0.2, 0) is 9.84 Å². The Labute approximate surface area is 128 Å². The molecule has 3 heterocycles. The van der Waals surface area contributed by atoms with Crippen molar-refractivity contribution in [1.29, 1.82) is 0 Å². The zero-order valence-electron chi connectivity index (χ0n) is 12.7. The maximum atomic E-state index is 12.2. The fourth-order valence-corrected chi connectivity index (χ4v) is 5.05.